The van der Waals surface area contributed by atoms with Crippen molar-refractivity contribution in [2.45, 2.75) is 12.7 Å². The molecule has 2 N–H and O–H groups in total. The normalized spacial score (nSPS) is 19.5. The lowest BCUT2D eigenvalue weighted by atomic mass is 9.67. The molecule has 1 atom stereocenters. The summed E-state index contributed by atoms with van der Waals surface area (Å²) in [5.41, 5.74) is 0.124. The minimum Gasteiger partial charge on any atom is -0.493 e. The molecule has 1 rings (SSSR count). The summed E-state index contributed by atoms with van der Waals surface area (Å²) in [6.45, 7) is 2.22. The van der Waals surface area contributed by atoms with E-state index in [0.717, 1.165) is 0 Å². The first-order valence-corrected chi connectivity index (χ1v) is 4.85. The van der Waals surface area contributed by atoms with E-state index in [0.29, 0.717) is 18.1 Å². The van der Waals surface area contributed by atoms with Crippen LogP contribution in [0.5, 0.6) is 0 Å². The molecular formula is C10H13BO5. The quantitative estimate of drug-likeness (QED) is 0.521. The van der Waals surface area contributed by atoms with Gasteiger partial charge in [-0.1, -0.05) is 0 Å². The van der Waals surface area contributed by atoms with Gasteiger partial charge in [0, 0.05) is 5.57 Å². The Morgan fingerprint density at radius 3 is 2.62 bits per heavy atom. The van der Waals surface area contributed by atoms with Gasteiger partial charge in [-0.25, -0.2) is 4.79 Å². The molecule has 0 spiro atoms. The number of ether oxygens (including phenoxy) is 2. The first kappa shape index (κ1) is 12.6. The monoisotopic (exact) mass is 224 g/mol. The molecule has 0 amide bonds. The van der Waals surface area contributed by atoms with Crippen LogP contribution in [0.2, 0.25) is 5.82 Å². The van der Waals surface area contributed by atoms with Crippen LogP contribution in [0.4, 0.5) is 0 Å². The maximum absolute atomic E-state index is 10.7. The third-order valence-electron chi connectivity index (χ3n) is 2.18. The second-order valence-electron chi connectivity index (χ2n) is 3.17. The zero-order valence-corrected chi connectivity index (χ0v) is 9.14. The van der Waals surface area contributed by atoms with Crippen molar-refractivity contribution in [3.05, 3.63) is 29.2 Å². The lowest BCUT2D eigenvalue weighted by molar-refractivity contribution is 0.184. The molecule has 0 saturated heterocycles. The van der Waals surface area contributed by atoms with Gasteiger partial charge in [0.15, 0.2) is 11.5 Å². The Balaban J connectivity index is 3.07. The summed E-state index contributed by atoms with van der Waals surface area (Å²) in [6.07, 6.45) is 2.83. The highest BCUT2D eigenvalue weighted by Crippen LogP contribution is 2.31. The van der Waals surface area contributed by atoms with Crippen molar-refractivity contribution < 1.29 is 24.3 Å². The first-order valence-electron chi connectivity index (χ1n) is 4.85. The zero-order valence-electron chi connectivity index (χ0n) is 9.14. The van der Waals surface area contributed by atoms with Crippen LogP contribution >= 0.6 is 0 Å². The summed E-state index contributed by atoms with van der Waals surface area (Å²) >= 11 is 0. The van der Waals surface area contributed by atoms with Crippen LogP contribution in [0.15, 0.2) is 29.2 Å². The summed E-state index contributed by atoms with van der Waals surface area (Å²) in [5, 5.41) is 18.2. The van der Waals surface area contributed by atoms with Crippen molar-refractivity contribution in [2.24, 2.45) is 0 Å². The average Bonchev–Trinajstić information content (AvgIpc) is 2.28. The Morgan fingerprint density at radius 2 is 2.19 bits per heavy atom. The summed E-state index contributed by atoms with van der Waals surface area (Å²) in [7, 11) is -0.226. The van der Waals surface area contributed by atoms with E-state index in [4.69, 9.17) is 19.5 Å². The van der Waals surface area contributed by atoms with Gasteiger partial charge in [-0.05, 0) is 19.1 Å². The van der Waals surface area contributed by atoms with Crippen molar-refractivity contribution in [3.8, 4) is 0 Å². The van der Waals surface area contributed by atoms with Crippen LogP contribution in [-0.4, -0.2) is 36.8 Å². The molecule has 0 aromatic rings. The molecule has 0 heterocycles. The molecule has 0 bridgehead atoms. The Kier molecular flexibility index (Phi) is 4.37. The molecule has 0 saturated carbocycles. The van der Waals surface area contributed by atoms with Crippen LogP contribution in [-0.2, 0) is 14.3 Å². The van der Waals surface area contributed by atoms with Gasteiger partial charge in [-0.15, -0.1) is 0 Å². The lowest BCUT2D eigenvalue weighted by Gasteiger charge is -2.20. The van der Waals surface area contributed by atoms with Crippen LogP contribution in [0.25, 0.3) is 0 Å². The molecule has 0 fully saturated rings. The number of carbonyl (C=O) groups excluding carboxylic acids is 1. The molecule has 5 nitrogen and oxygen atoms in total. The standard InChI is InChI=1S/C10H13BO5/c1-3-16-10-4-7(6-12)8(11(13)14)5-9(10)15-2/h4-5,8,13-14H,3H2,1-2H3. The van der Waals surface area contributed by atoms with Crippen LogP contribution in [0.1, 0.15) is 6.92 Å². The zero-order chi connectivity index (χ0) is 12.1. The number of rotatable bonds is 4. The predicted octanol–water partition coefficient (Wildman–Crippen LogP) is 0.0517. The Hall–Kier alpha value is -1.49. The van der Waals surface area contributed by atoms with Gasteiger partial charge in [0.25, 0.3) is 0 Å². The fourth-order valence-electron chi connectivity index (χ4n) is 1.42. The largest absolute Gasteiger partial charge is 0.493 e. The summed E-state index contributed by atoms with van der Waals surface area (Å²) < 4.78 is 10.3. The van der Waals surface area contributed by atoms with Crippen LogP contribution < -0.4 is 0 Å². The maximum atomic E-state index is 10.7. The van der Waals surface area contributed by atoms with Crippen LogP contribution in [0.3, 0.4) is 0 Å². The van der Waals surface area contributed by atoms with E-state index in [-0.39, 0.29) is 5.57 Å². The van der Waals surface area contributed by atoms with Crippen molar-refractivity contribution in [2.75, 3.05) is 13.7 Å². The second kappa shape index (κ2) is 5.56. The van der Waals surface area contributed by atoms with Gasteiger partial charge >= 0.3 is 7.12 Å². The number of hydrogen-bond donors (Lipinski definition) is 2. The minimum absolute atomic E-state index is 0.124. The molecule has 16 heavy (non-hydrogen) atoms. The molecule has 1 aliphatic carbocycles. The van der Waals surface area contributed by atoms with E-state index in [9.17, 15) is 4.79 Å². The van der Waals surface area contributed by atoms with E-state index < -0.39 is 12.9 Å². The maximum Gasteiger partial charge on any atom is 0.464 e. The Bertz CT molecular complexity index is 365. The Labute approximate surface area is 93.8 Å². The average molecular weight is 224 g/mol. The Morgan fingerprint density at radius 1 is 1.50 bits per heavy atom. The van der Waals surface area contributed by atoms with E-state index >= 15 is 0 Å². The molecule has 0 aromatic heterocycles. The molecule has 0 aliphatic heterocycles. The van der Waals surface area contributed by atoms with Gasteiger partial charge < -0.3 is 19.5 Å². The topological polar surface area (TPSA) is 76.0 Å². The summed E-state index contributed by atoms with van der Waals surface area (Å²) in [4.78, 5) is 10.7. The highest BCUT2D eigenvalue weighted by molar-refractivity contribution is 6.45. The molecular weight excluding hydrogens is 211 g/mol. The van der Waals surface area contributed by atoms with Crippen LogP contribution in [0, 0.1) is 0 Å². The number of allylic oxidation sites excluding steroid dienone is 3. The van der Waals surface area contributed by atoms with Gasteiger partial charge in [-0.2, -0.15) is 0 Å². The predicted molar refractivity (Wildman–Crippen MR) is 57.9 cm³/mol. The van der Waals surface area contributed by atoms with Crippen molar-refractivity contribution in [1.29, 1.82) is 0 Å². The molecule has 1 unspecified atom stereocenters. The third kappa shape index (κ3) is 2.55. The second-order valence-corrected chi connectivity index (χ2v) is 3.17. The molecule has 0 radical (unpaired) electrons. The van der Waals surface area contributed by atoms with Gasteiger partial charge in [-0.3, -0.25) is 0 Å². The fraction of sp³-hybridized carbons (Fsp3) is 0.400. The summed E-state index contributed by atoms with van der Waals surface area (Å²) in [6, 6.07) is 0. The van der Waals surface area contributed by atoms with Crippen molar-refractivity contribution in [3.63, 3.8) is 0 Å². The number of hydrogen-bond acceptors (Lipinski definition) is 5. The van der Waals surface area contributed by atoms with E-state index in [1.54, 1.807) is 12.9 Å². The van der Waals surface area contributed by atoms with Gasteiger partial charge in [0.2, 0.25) is 0 Å². The molecule has 86 valence electrons. The first-order chi connectivity index (χ1) is 7.63. The summed E-state index contributed by atoms with van der Waals surface area (Å²) in [5.74, 6) is 1.59. The minimum atomic E-state index is -1.67. The smallest absolute Gasteiger partial charge is 0.464 e. The highest BCUT2D eigenvalue weighted by atomic mass is 16.5. The highest BCUT2D eigenvalue weighted by Gasteiger charge is 2.31. The van der Waals surface area contributed by atoms with E-state index in [1.165, 1.54) is 19.3 Å². The molecule has 6 heteroatoms. The SMILES string of the molecule is CCOC1=CC(=C=O)C(B(O)O)C=C1OC. The molecule has 0 aromatic carbocycles. The third-order valence-corrected chi connectivity index (χ3v) is 2.18. The lowest BCUT2D eigenvalue weighted by Crippen LogP contribution is -2.23. The number of methoxy groups -OCH3 is 1. The van der Waals surface area contributed by atoms with E-state index in [2.05, 4.69) is 0 Å². The fourth-order valence-corrected chi connectivity index (χ4v) is 1.42. The van der Waals surface area contributed by atoms with Gasteiger partial charge in [0.05, 0.1) is 19.5 Å². The van der Waals surface area contributed by atoms with Gasteiger partial charge in [0.1, 0.15) is 5.94 Å². The molecule has 1 aliphatic rings. The van der Waals surface area contributed by atoms with Crippen molar-refractivity contribution in [1.82, 2.24) is 0 Å². The van der Waals surface area contributed by atoms with E-state index in [1.807, 2.05) is 0 Å². The van der Waals surface area contributed by atoms with Crippen molar-refractivity contribution >= 4 is 13.1 Å².